The maximum Gasteiger partial charge on any atom is 0.312 e. The second-order valence-electron chi connectivity index (χ2n) is 5.89. The minimum absolute atomic E-state index is 0.277. The van der Waals surface area contributed by atoms with Gasteiger partial charge in [0.25, 0.3) is 5.92 Å². The molecule has 0 aromatic rings. The Morgan fingerprint density at radius 1 is 1.17 bits per heavy atom. The fourth-order valence-electron chi connectivity index (χ4n) is 2.27. The van der Waals surface area contributed by atoms with Gasteiger partial charge in [0.15, 0.2) is 5.60 Å². The molecule has 0 bridgehead atoms. The van der Waals surface area contributed by atoms with Crippen molar-refractivity contribution < 1.29 is 18.3 Å². The highest BCUT2D eigenvalue weighted by atomic mass is 19.3. The summed E-state index contributed by atoms with van der Waals surface area (Å²) in [4.78, 5) is 12.1. The normalized spacial score (nSPS) is 19.9. The third-order valence-corrected chi connectivity index (χ3v) is 4.25. The fraction of sp³-hybridized carbons (Fsp3) is 0.929. The van der Waals surface area contributed by atoms with Crippen LogP contribution in [0.4, 0.5) is 8.78 Å². The van der Waals surface area contributed by atoms with Crippen molar-refractivity contribution in [2.24, 2.45) is 5.41 Å². The summed E-state index contributed by atoms with van der Waals surface area (Å²) in [6, 6.07) is 0. The Balaban J connectivity index is 2.92. The summed E-state index contributed by atoms with van der Waals surface area (Å²) in [5, 5.41) is 0. The van der Waals surface area contributed by atoms with E-state index in [0.29, 0.717) is 19.3 Å². The number of rotatable bonds is 5. The van der Waals surface area contributed by atoms with Gasteiger partial charge in [0.05, 0.1) is 5.41 Å². The van der Waals surface area contributed by atoms with Crippen LogP contribution in [0.3, 0.4) is 0 Å². The first kappa shape index (κ1) is 15.4. The Morgan fingerprint density at radius 2 is 1.67 bits per heavy atom. The highest BCUT2D eigenvalue weighted by Gasteiger charge is 2.57. The van der Waals surface area contributed by atoms with Crippen molar-refractivity contribution in [3.8, 4) is 0 Å². The Labute approximate surface area is 108 Å². The number of esters is 1. The van der Waals surface area contributed by atoms with Gasteiger partial charge >= 0.3 is 5.97 Å². The average molecular weight is 262 g/mol. The molecule has 0 radical (unpaired) electrons. The monoisotopic (exact) mass is 262 g/mol. The van der Waals surface area contributed by atoms with Gasteiger partial charge in [0.1, 0.15) is 0 Å². The predicted octanol–water partition coefficient (Wildman–Crippen LogP) is 4.32. The highest BCUT2D eigenvalue weighted by molar-refractivity contribution is 5.76. The minimum atomic E-state index is -2.93. The number of ether oxygens (including phenoxy) is 1. The van der Waals surface area contributed by atoms with E-state index in [1.165, 1.54) is 6.92 Å². The lowest BCUT2D eigenvalue weighted by Gasteiger charge is -2.38. The number of carbonyl (C=O) groups is 1. The van der Waals surface area contributed by atoms with Crippen molar-refractivity contribution in [3.63, 3.8) is 0 Å². The molecule has 0 unspecified atom stereocenters. The molecule has 0 aromatic heterocycles. The van der Waals surface area contributed by atoms with Gasteiger partial charge in [-0.05, 0) is 46.0 Å². The molecular formula is C14H24F2O2. The molecule has 0 heterocycles. The number of hydrogen-bond donors (Lipinski definition) is 0. The molecule has 1 aliphatic rings. The van der Waals surface area contributed by atoms with Gasteiger partial charge in [-0.15, -0.1) is 0 Å². The van der Waals surface area contributed by atoms with Crippen molar-refractivity contribution in [1.82, 2.24) is 0 Å². The van der Waals surface area contributed by atoms with Crippen LogP contribution in [0.1, 0.15) is 66.2 Å². The molecule has 18 heavy (non-hydrogen) atoms. The van der Waals surface area contributed by atoms with Gasteiger partial charge in [-0.3, -0.25) is 4.79 Å². The summed E-state index contributed by atoms with van der Waals surface area (Å²) in [7, 11) is 0. The third-order valence-electron chi connectivity index (χ3n) is 4.25. The van der Waals surface area contributed by atoms with E-state index in [4.69, 9.17) is 4.74 Å². The van der Waals surface area contributed by atoms with Crippen molar-refractivity contribution in [3.05, 3.63) is 0 Å². The van der Waals surface area contributed by atoms with Crippen LogP contribution >= 0.6 is 0 Å². The van der Waals surface area contributed by atoms with E-state index in [9.17, 15) is 13.6 Å². The predicted molar refractivity (Wildman–Crippen MR) is 66.6 cm³/mol. The van der Waals surface area contributed by atoms with Crippen molar-refractivity contribution in [2.45, 2.75) is 77.7 Å². The molecule has 106 valence electrons. The molecule has 0 N–H and O–H groups in total. The molecule has 1 rings (SSSR count). The summed E-state index contributed by atoms with van der Waals surface area (Å²) in [6.45, 7) is 6.78. The van der Waals surface area contributed by atoms with Gasteiger partial charge in [-0.25, -0.2) is 8.78 Å². The summed E-state index contributed by atoms with van der Waals surface area (Å²) < 4.78 is 33.5. The van der Waals surface area contributed by atoms with Gasteiger partial charge < -0.3 is 4.74 Å². The largest absolute Gasteiger partial charge is 0.452 e. The first-order valence-electron chi connectivity index (χ1n) is 6.82. The maximum atomic E-state index is 14.1. The Kier molecular flexibility index (Phi) is 4.39. The summed E-state index contributed by atoms with van der Waals surface area (Å²) >= 11 is 0. The lowest BCUT2D eigenvalue weighted by Crippen LogP contribution is -2.50. The van der Waals surface area contributed by atoms with Crippen molar-refractivity contribution in [2.75, 3.05) is 0 Å². The summed E-state index contributed by atoms with van der Waals surface area (Å²) in [6.07, 6.45) is 2.26. The van der Waals surface area contributed by atoms with Crippen molar-refractivity contribution in [1.29, 1.82) is 0 Å². The van der Waals surface area contributed by atoms with Crippen LogP contribution < -0.4 is 0 Å². The third kappa shape index (κ3) is 2.67. The standard InChI is InChI=1S/C14H24F2O2/c1-5-12(3,4)11(17)18-13(9-7-8-10-13)14(15,16)6-2/h5-10H2,1-4H3. The Bertz CT molecular complexity index is 305. The number of carbonyl (C=O) groups excluding carboxylic acids is 1. The molecule has 0 aliphatic heterocycles. The van der Waals surface area contributed by atoms with Crippen LogP contribution in [0.25, 0.3) is 0 Å². The smallest absolute Gasteiger partial charge is 0.312 e. The van der Waals surface area contributed by atoms with E-state index in [-0.39, 0.29) is 19.3 Å². The van der Waals surface area contributed by atoms with Crippen LogP contribution in [-0.4, -0.2) is 17.5 Å². The van der Waals surface area contributed by atoms with Crippen LogP contribution in [0.15, 0.2) is 0 Å². The number of alkyl halides is 2. The zero-order valence-electron chi connectivity index (χ0n) is 11.8. The van der Waals surface area contributed by atoms with Crippen LogP contribution in [0.2, 0.25) is 0 Å². The minimum Gasteiger partial charge on any atom is -0.452 e. The van der Waals surface area contributed by atoms with Gasteiger partial charge in [-0.1, -0.05) is 13.8 Å². The molecule has 2 nitrogen and oxygen atoms in total. The lowest BCUT2D eigenvalue weighted by atomic mass is 9.88. The summed E-state index contributed by atoms with van der Waals surface area (Å²) in [5.74, 6) is -3.43. The van der Waals surface area contributed by atoms with Crippen LogP contribution in [0, 0.1) is 5.41 Å². The molecule has 0 amide bonds. The number of hydrogen-bond acceptors (Lipinski definition) is 2. The molecule has 1 fully saturated rings. The molecule has 4 heteroatoms. The van der Waals surface area contributed by atoms with Gasteiger partial charge in [0.2, 0.25) is 0 Å². The Hall–Kier alpha value is -0.670. The topological polar surface area (TPSA) is 26.3 Å². The van der Waals surface area contributed by atoms with E-state index >= 15 is 0 Å². The van der Waals surface area contributed by atoms with Gasteiger partial charge in [0, 0.05) is 6.42 Å². The van der Waals surface area contributed by atoms with E-state index in [0.717, 1.165) is 0 Å². The molecule has 0 spiro atoms. The zero-order chi connectivity index (χ0) is 14.0. The van der Waals surface area contributed by atoms with E-state index < -0.39 is 22.9 Å². The molecule has 1 saturated carbocycles. The maximum absolute atomic E-state index is 14.1. The second-order valence-corrected chi connectivity index (χ2v) is 5.89. The first-order chi connectivity index (χ1) is 8.21. The van der Waals surface area contributed by atoms with E-state index in [1.807, 2.05) is 6.92 Å². The first-order valence-corrected chi connectivity index (χ1v) is 6.82. The quantitative estimate of drug-likeness (QED) is 0.689. The fourth-order valence-corrected chi connectivity index (χ4v) is 2.27. The van der Waals surface area contributed by atoms with Crippen molar-refractivity contribution >= 4 is 5.97 Å². The molecular weight excluding hydrogens is 238 g/mol. The second kappa shape index (κ2) is 5.14. The van der Waals surface area contributed by atoms with Crippen LogP contribution in [-0.2, 0) is 9.53 Å². The SMILES string of the molecule is CCC(C)(C)C(=O)OC1(C(F)(F)CC)CCCC1. The molecule has 0 saturated heterocycles. The number of halogens is 2. The van der Waals surface area contributed by atoms with Crippen LogP contribution in [0.5, 0.6) is 0 Å². The Morgan fingerprint density at radius 3 is 2.06 bits per heavy atom. The molecule has 0 atom stereocenters. The van der Waals surface area contributed by atoms with Gasteiger partial charge in [-0.2, -0.15) is 0 Å². The molecule has 0 aromatic carbocycles. The average Bonchev–Trinajstić information content (AvgIpc) is 2.79. The highest BCUT2D eigenvalue weighted by Crippen LogP contribution is 2.47. The lowest BCUT2D eigenvalue weighted by molar-refractivity contribution is -0.219. The van der Waals surface area contributed by atoms with E-state index in [1.54, 1.807) is 13.8 Å². The van der Waals surface area contributed by atoms with E-state index in [2.05, 4.69) is 0 Å². The molecule has 1 aliphatic carbocycles. The zero-order valence-corrected chi connectivity index (χ0v) is 11.8. The summed E-state index contributed by atoms with van der Waals surface area (Å²) in [5.41, 5.74) is -2.26.